The Hall–Kier alpha value is -2.82. The van der Waals surface area contributed by atoms with Crippen molar-refractivity contribution >= 4 is 11.7 Å². The summed E-state index contributed by atoms with van der Waals surface area (Å²) in [5.41, 5.74) is 1.69. The van der Waals surface area contributed by atoms with Crippen LogP contribution in [0.4, 0.5) is 0 Å². The summed E-state index contributed by atoms with van der Waals surface area (Å²) in [5, 5.41) is 0. The summed E-state index contributed by atoms with van der Waals surface area (Å²) in [6.45, 7) is 0.753. The van der Waals surface area contributed by atoms with E-state index >= 15 is 0 Å². The highest BCUT2D eigenvalue weighted by atomic mass is 16.5. The van der Waals surface area contributed by atoms with Crippen molar-refractivity contribution in [3.63, 3.8) is 0 Å². The number of nitrogens with zero attached hydrogens (tertiary/aromatic N) is 1. The van der Waals surface area contributed by atoms with Gasteiger partial charge >= 0.3 is 0 Å². The van der Waals surface area contributed by atoms with E-state index in [0.717, 1.165) is 24.9 Å². The van der Waals surface area contributed by atoms with Crippen molar-refractivity contribution in [1.82, 2.24) is 4.90 Å². The monoisotopic (exact) mass is 367 g/mol. The zero-order valence-electron chi connectivity index (χ0n) is 15.8. The van der Waals surface area contributed by atoms with Crippen LogP contribution in [-0.4, -0.2) is 37.4 Å². The van der Waals surface area contributed by atoms with Gasteiger partial charge in [-0.1, -0.05) is 30.3 Å². The van der Waals surface area contributed by atoms with E-state index in [4.69, 9.17) is 9.47 Å². The zero-order chi connectivity index (χ0) is 19.2. The Morgan fingerprint density at radius 1 is 1.00 bits per heavy atom. The number of hydrogen-bond acceptors (Lipinski definition) is 4. The molecule has 142 valence electrons. The topological polar surface area (TPSA) is 55.8 Å². The number of methoxy groups -OCH3 is 2. The molecule has 1 atom stereocenters. The Kier molecular flexibility index (Phi) is 6.12. The average molecular weight is 367 g/mol. The molecule has 1 aliphatic rings. The van der Waals surface area contributed by atoms with Gasteiger partial charge in [-0.2, -0.15) is 0 Å². The molecule has 2 aromatic rings. The largest absolute Gasteiger partial charge is 0.493 e. The van der Waals surface area contributed by atoms with Gasteiger partial charge in [0.15, 0.2) is 17.3 Å². The molecule has 0 spiro atoms. The van der Waals surface area contributed by atoms with Crippen LogP contribution in [0.25, 0.3) is 0 Å². The minimum Gasteiger partial charge on any atom is -0.493 e. The number of amides is 1. The number of benzene rings is 2. The SMILES string of the molecule is COc1ccc(C(=O)CCC(=O)N2CCC[C@H]2c2ccccc2)cc1OC. The number of ether oxygens (including phenoxy) is 2. The highest BCUT2D eigenvalue weighted by molar-refractivity contribution is 5.98. The van der Waals surface area contributed by atoms with E-state index in [9.17, 15) is 9.59 Å². The van der Waals surface area contributed by atoms with Crippen molar-refractivity contribution in [2.45, 2.75) is 31.7 Å². The lowest BCUT2D eigenvalue weighted by Gasteiger charge is -2.25. The van der Waals surface area contributed by atoms with Crippen LogP contribution in [-0.2, 0) is 4.79 Å². The Labute approximate surface area is 159 Å². The second kappa shape index (κ2) is 8.71. The van der Waals surface area contributed by atoms with Crippen molar-refractivity contribution in [2.75, 3.05) is 20.8 Å². The third-order valence-electron chi connectivity index (χ3n) is 5.03. The molecule has 0 unspecified atom stereocenters. The Morgan fingerprint density at radius 2 is 1.74 bits per heavy atom. The third kappa shape index (κ3) is 4.30. The summed E-state index contributed by atoms with van der Waals surface area (Å²) in [4.78, 5) is 27.1. The van der Waals surface area contributed by atoms with Gasteiger partial charge in [0.2, 0.25) is 5.91 Å². The fraction of sp³-hybridized carbons (Fsp3) is 0.364. The van der Waals surface area contributed by atoms with Gasteiger partial charge in [0.05, 0.1) is 20.3 Å². The van der Waals surface area contributed by atoms with E-state index in [-0.39, 0.29) is 30.6 Å². The van der Waals surface area contributed by atoms with E-state index in [1.807, 2.05) is 23.1 Å². The maximum atomic E-state index is 12.7. The molecular weight excluding hydrogens is 342 g/mol. The van der Waals surface area contributed by atoms with Gasteiger partial charge in [-0.3, -0.25) is 9.59 Å². The van der Waals surface area contributed by atoms with Gasteiger partial charge < -0.3 is 14.4 Å². The van der Waals surface area contributed by atoms with Gasteiger partial charge in [0.1, 0.15) is 0 Å². The minimum atomic E-state index is -0.0697. The van der Waals surface area contributed by atoms with E-state index < -0.39 is 0 Å². The summed E-state index contributed by atoms with van der Waals surface area (Å²) in [6, 6.07) is 15.3. The first-order chi connectivity index (χ1) is 13.1. The lowest BCUT2D eigenvalue weighted by molar-refractivity contribution is -0.132. The van der Waals surface area contributed by atoms with E-state index in [2.05, 4.69) is 12.1 Å². The second-order valence-corrected chi connectivity index (χ2v) is 6.65. The number of likely N-dealkylation sites (tertiary alicyclic amines) is 1. The highest BCUT2D eigenvalue weighted by Crippen LogP contribution is 2.32. The number of carbonyl (C=O) groups excluding carboxylic acids is 2. The molecule has 1 aliphatic heterocycles. The van der Waals surface area contributed by atoms with Crippen LogP contribution in [0.5, 0.6) is 11.5 Å². The summed E-state index contributed by atoms with van der Waals surface area (Å²) >= 11 is 0. The predicted octanol–water partition coefficient (Wildman–Crippen LogP) is 4.03. The van der Waals surface area contributed by atoms with Gasteiger partial charge in [-0.25, -0.2) is 0 Å². The summed E-state index contributed by atoms with van der Waals surface area (Å²) in [7, 11) is 3.09. The third-order valence-corrected chi connectivity index (χ3v) is 5.03. The minimum absolute atomic E-state index is 0.0372. The van der Waals surface area contributed by atoms with E-state index in [1.165, 1.54) is 7.11 Å². The van der Waals surface area contributed by atoms with Crippen molar-refractivity contribution < 1.29 is 19.1 Å². The molecule has 27 heavy (non-hydrogen) atoms. The number of rotatable bonds is 7. The van der Waals surface area contributed by atoms with Crippen molar-refractivity contribution in [3.8, 4) is 11.5 Å². The molecular formula is C22H25NO4. The van der Waals surface area contributed by atoms with Crippen LogP contribution in [0.2, 0.25) is 0 Å². The van der Waals surface area contributed by atoms with Crippen LogP contribution < -0.4 is 9.47 Å². The van der Waals surface area contributed by atoms with Crippen LogP contribution in [0.1, 0.15) is 47.6 Å². The first kappa shape index (κ1) is 19.0. The van der Waals surface area contributed by atoms with E-state index in [1.54, 1.807) is 25.3 Å². The van der Waals surface area contributed by atoms with Gasteiger partial charge in [0, 0.05) is 24.9 Å². The van der Waals surface area contributed by atoms with Gasteiger partial charge in [-0.15, -0.1) is 0 Å². The Balaban J connectivity index is 1.62. The molecule has 0 aromatic heterocycles. The number of Topliss-reactive ketones (excluding diaryl/α,β-unsaturated/α-hetero) is 1. The van der Waals surface area contributed by atoms with Crippen LogP contribution in [0.15, 0.2) is 48.5 Å². The van der Waals surface area contributed by atoms with Gasteiger partial charge in [0.25, 0.3) is 0 Å². The molecule has 1 fully saturated rings. The first-order valence-corrected chi connectivity index (χ1v) is 9.23. The lowest BCUT2D eigenvalue weighted by Crippen LogP contribution is -2.30. The Morgan fingerprint density at radius 3 is 2.44 bits per heavy atom. The molecule has 0 bridgehead atoms. The molecule has 5 nitrogen and oxygen atoms in total. The predicted molar refractivity (Wildman–Crippen MR) is 103 cm³/mol. The average Bonchev–Trinajstić information content (AvgIpc) is 3.21. The number of carbonyl (C=O) groups is 2. The molecule has 0 saturated carbocycles. The normalized spacial score (nSPS) is 16.2. The number of ketones is 1. The fourth-order valence-electron chi connectivity index (χ4n) is 3.61. The first-order valence-electron chi connectivity index (χ1n) is 9.23. The number of hydrogen-bond donors (Lipinski definition) is 0. The molecule has 5 heteroatoms. The molecule has 0 radical (unpaired) electrons. The van der Waals surface area contributed by atoms with Crippen molar-refractivity contribution in [2.24, 2.45) is 0 Å². The standard InChI is InChI=1S/C22H25NO4/c1-26-20-12-10-17(15-21(20)27-2)19(24)11-13-22(25)23-14-6-9-18(23)16-7-4-3-5-8-16/h3-5,7-8,10,12,15,18H,6,9,11,13-14H2,1-2H3/t18-/m0/s1. The van der Waals surface area contributed by atoms with Crippen molar-refractivity contribution in [1.29, 1.82) is 0 Å². The molecule has 1 saturated heterocycles. The fourth-order valence-corrected chi connectivity index (χ4v) is 3.61. The smallest absolute Gasteiger partial charge is 0.223 e. The lowest BCUT2D eigenvalue weighted by atomic mass is 10.0. The van der Waals surface area contributed by atoms with Crippen molar-refractivity contribution in [3.05, 3.63) is 59.7 Å². The van der Waals surface area contributed by atoms with Crippen LogP contribution in [0, 0.1) is 0 Å². The maximum Gasteiger partial charge on any atom is 0.223 e. The quantitative estimate of drug-likeness (QED) is 0.693. The highest BCUT2D eigenvalue weighted by Gasteiger charge is 2.29. The Bertz CT molecular complexity index is 803. The molecule has 0 N–H and O–H groups in total. The van der Waals surface area contributed by atoms with E-state index in [0.29, 0.717) is 17.1 Å². The molecule has 2 aromatic carbocycles. The second-order valence-electron chi connectivity index (χ2n) is 6.65. The summed E-state index contributed by atoms with van der Waals surface area (Å²) < 4.78 is 10.4. The molecule has 3 rings (SSSR count). The maximum absolute atomic E-state index is 12.7. The molecule has 1 heterocycles. The molecule has 1 amide bonds. The van der Waals surface area contributed by atoms with Crippen LogP contribution in [0.3, 0.4) is 0 Å². The summed E-state index contributed by atoms with van der Waals surface area (Å²) in [5.74, 6) is 1.06. The summed E-state index contributed by atoms with van der Waals surface area (Å²) in [6.07, 6.45) is 2.37. The van der Waals surface area contributed by atoms with Gasteiger partial charge in [-0.05, 0) is 36.6 Å². The van der Waals surface area contributed by atoms with Crippen LogP contribution >= 0.6 is 0 Å². The zero-order valence-corrected chi connectivity index (χ0v) is 15.8. The molecule has 0 aliphatic carbocycles.